The minimum Gasteiger partial charge on any atom is -0.478 e. The van der Waals surface area contributed by atoms with Crippen molar-refractivity contribution in [1.82, 2.24) is 0 Å². The van der Waals surface area contributed by atoms with E-state index in [1.165, 1.54) is 25.0 Å². The molecule has 0 aliphatic carbocycles. The first kappa shape index (κ1) is 15.6. The predicted octanol–water partition coefficient (Wildman–Crippen LogP) is 4.19. The van der Waals surface area contributed by atoms with Gasteiger partial charge >= 0.3 is 5.97 Å². The first-order valence-corrected chi connectivity index (χ1v) is 9.10. The van der Waals surface area contributed by atoms with Gasteiger partial charge in [0.2, 0.25) is 0 Å². The van der Waals surface area contributed by atoms with Crippen LogP contribution in [0, 0.1) is 0 Å². The third-order valence-corrected chi connectivity index (χ3v) is 5.67. The van der Waals surface area contributed by atoms with Crippen LogP contribution in [0.4, 0.5) is 5.69 Å². The molecule has 0 saturated carbocycles. The van der Waals surface area contributed by atoms with Crippen molar-refractivity contribution in [1.29, 1.82) is 0 Å². The third-order valence-electron chi connectivity index (χ3n) is 3.33. The lowest BCUT2D eigenvalue weighted by Gasteiger charge is -2.22. The lowest BCUT2D eigenvalue weighted by molar-refractivity contribution is 0.0694. The van der Waals surface area contributed by atoms with Gasteiger partial charge < -0.3 is 10.4 Å². The second-order valence-electron chi connectivity index (χ2n) is 4.79. The smallest absolute Gasteiger partial charge is 0.338 e. The van der Waals surface area contributed by atoms with Gasteiger partial charge in [0, 0.05) is 22.4 Å². The summed E-state index contributed by atoms with van der Waals surface area (Å²) in [7, 11) is 0. The lowest BCUT2D eigenvalue weighted by Crippen LogP contribution is -2.21. The first-order valence-electron chi connectivity index (χ1n) is 7.07. The van der Waals surface area contributed by atoms with E-state index in [0.717, 1.165) is 22.9 Å². The summed E-state index contributed by atoms with van der Waals surface area (Å²) in [4.78, 5) is 12.4. The number of rotatable bonds is 6. The van der Waals surface area contributed by atoms with E-state index in [4.69, 9.17) is 0 Å². The highest BCUT2D eigenvalue weighted by Crippen LogP contribution is 2.30. The molecule has 2 rings (SSSR count). The average molecular weight is 311 g/mol. The average Bonchev–Trinajstić information content (AvgIpc) is 2.46. The molecule has 0 bridgehead atoms. The number of anilines is 1. The van der Waals surface area contributed by atoms with E-state index in [1.54, 1.807) is 11.8 Å². The van der Waals surface area contributed by atoms with Gasteiger partial charge in [-0.3, -0.25) is 0 Å². The number of hydrogen-bond donors (Lipinski definition) is 2. The molecule has 3 nitrogen and oxygen atoms in total. The minimum atomic E-state index is -0.847. The Bertz CT molecular complexity index is 459. The monoisotopic (exact) mass is 311 g/mol. The first-order chi connectivity index (χ1) is 9.72. The van der Waals surface area contributed by atoms with E-state index in [1.807, 2.05) is 36.9 Å². The second kappa shape index (κ2) is 7.84. The number of carboxylic acids is 1. The quantitative estimate of drug-likeness (QED) is 0.771. The molecule has 5 heteroatoms. The van der Waals surface area contributed by atoms with Crippen LogP contribution in [-0.2, 0) is 0 Å². The number of thioether (sulfide) groups is 2. The van der Waals surface area contributed by atoms with Crippen LogP contribution in [0.3, 0.4) is 0 Å². The van der Waals surface area contributed by atoms with Crippen molar-refractivity contribution in [3.8, 4) is 0 Å². The van der Waals surface area contributed by atoms with Gasteiger partial charge in [-0.1, -0.05) is 19.4 Å². The van der Waals surface area contributed by atoms with Crippen LogP contribution in [-0.4, -0.2) is 34.4 Å². The van der Waals surface area contributed by atoms with Crippen molar-refractivity contribution in [3.63, 3.8) is 0 Å². The number of hydrogen-bond acceptors (Lipinski definition) is 4. The maximum atomic E-state index is 11.5. The van der Waals surface area contributed by atoms with Crippen molar-refractivity contribution < 1.29 is 9.90 Å². The Balaban J connectivity index is 2.09. The van der Waals surface area contributed by atoms with E-state index >= 15 is 0 Å². The largest absolute Gasteiger partial charge is 0.478 e. The van der Waals surface area contributed by atoms with Crippen molar-refractivity contribution in [2.75, 3.05) is 23.4 Å². The fraction of sp³-hybridized carbons (Fsp3) is 0.533. The highest BCUT2D eigenvalue weighted by atomic mass is 32.2. The molecule has 1 unspecified atom stereocenters. The molecule has 1 atom stereocenters. The van der Waals surface area contributed by atoms with Crippen LogP contribution in [0.15, 0.2) is 23.1 Å². The van der Waals surface area contributed by atoms with Crippen molar-refractivity contribution in [3.05, 3.63) is 23.8 Å². The predicted molar refractivity (Wildman–Crippen MR) is 88.4 cm³/mol. The Morgan fingerprint density at radius 3 is 3.00 bits per heavy atom. The van der Waals surface area contributed by atoms with Gasteiger partial charge in [0.25, 0.3) is 0 Å². The number of carbonyl (C=O) groups is 1. The number of aromatic carboxylic acids is 1. The highest BCUT2D eigenvalue weighted by Gasteiger charge is 2.18. The van der Waals surface area contributed by atoms with Crippen molar-refractivity contribution in [2.45, 2.75) is 36.3 Å². The van der Waals surface area contributed by atoms with Gasteiger partial charge in [0.15, 0.2) is 0 Å². The molecular weight excluding hydrogens is 290 g/mol. The summed E-state index contributed by atoms with van der Waals surface area (Å²) < 4.78 is 0. The number of nitrogens with one attached hydrogen (secondary N) is 1. The number of benzene rings is 1. The zero-order chi connectivity index (χ0) is 14.4. The maximum Gasteiger partial charge on any atom is 0.338 e. The van der Waals surface area contributed by atoms with Crippen LogP contribution in [0.25, 0.3) is 0 Å². The maximum absolute atomic E-state index is 11.5. The Labute approximate surface area is 128 Å². The SMILES string of the molecule is CCSc1cccc(NCC2CCCCS2)c1C(=O)O. The zero-order valence-electron chi connectivity index (χ0n) is 11.7. The summed E-state index contributed by atoms with van der Waals surface area (Å²) in [6.45, 7) is 2.89. The molecule has 1 aliphatic heterocycles. The molecule has 1 fully saturated rings. The van der Waals surface area contributed by atoms with E-state index in [2.05, 4.69) is 5.32 Å². The topological polar surface area (TPSA) is 49.3 Å². The summed E-state index contributed by atoms with van der Waals surface area (Å²) in [6.07, 6.45) is 3.82. The van der Waals surface area contributed by atoms with E-state index in [9.17, 15) is 9.90 Å². The van der Waals surface area contributed by atoms with Gasteiger partial charge in [-0.05, 0) is 36.5 Å². The normalized spacial score (nSPS) is 18.8. The van der Waals surface area contributed by atoms with Crippen LogP contribution >= 0.6 is 23.5 Å². The standard InChI is InChI=1S/C15H21NO2S2/c1-2-19-13-8-5-7-12(14(13)15(17)18)16-10-11-6-3-4-9-20-11/h5,7-8,11,16H,2-4,6,9-10H2,1H3,(H,17,18). The summed E-state index contributed by atoms with van der Waals surface area (Å²) in [5, 5.41) is 13.4. The summed E-state index contributed by atoms with van der Waals surface area (Å²) in [5.41, 5.74) is 1.17. The molecule has 1 heterocycles. The third kappa shape index (κ3) is 4.09. The molecule has 1 saturated heterocycles. The molecule has 1 aromatic rings. The summed E-state index contributed by atoms with van der Waals surface area (Å²) in [5.74, 6) is 1.26. The van der Waals surface area contributed by atoms with Gasteiger partial charge in [0.05, 0.1) is 5.56 Å². The summed E-state index contributed by atoms with van der Waals surface area (Å²) >= 11 is 3.58. The zero-order valence-corrected chi connectivity index (χ0v) is 13.4. The molecule has 0 spiro atoms. The molecule has 1 aliphatic rings. The van der Waals surface area contributed by atoms with E-state index in [0.29, 0.717) is 10.8 Å². The Morgan fingerprint density at radius 1 is 1.50 bits per heavy atom. The van der Waals surface area contributed by atoms with E-state index in [-0.39, 0.29) is 0 Å². The molecule has 0 aromatic heterocycles. The molecule has 20 heavy (non-hydrogen) atoms. The molecule has 0 amide bonds. The van der Waals surface area contributed by atoms with Gasteiger partial charge in [0.1, 0.15) is 0 Å². The number of carboxylic acid groups (broad SMARTS) is 1. The highest BCUT2D eigenvalue weighted by molar-refractivity contribution is 8.00. The molecule has 0 radical (unpaired) electrons. The Kier molecular flexibility index (Phi) is 6.10. The second-order valence-corrected chi connectivity index (χ2v) is 7.50. The fourth-order valence-corrected chi connectivity index (χ4v) is 4.43. The van der Waals surface area contributed by atoms with Crippen LogP contribution in [0.2, 0.25) is 0 Å². The molecule has 110 valence electrons. The minimum absolute atomic E-state index is 0.417. The van der Waals surface area contributed by atoms with Gasteiger partial charge in [-0.15, -0.1) is 11.8 Å². The molecule has 2 N–H and O–H groups in total. The molecule has 1 aromatic carbocycles. The van der Waals surface area contributed by atoms with Crippen molar-refractivity contribution in [2.24, 2.45) is 0 Å². The fourth-order valence-electron chi connectivity index (χ4n) is 2.37. The van der Waals surface area contributed by atoms with Gasteiger partial charge in [-0.2, -0.15) is 11.8 Å². The van der Waals surface area contributed by atoms with E-state index < -0.39 is 5.97 Å². The Morgan fingerprint density at radius 2 is 2.35 bits per heavy atom. The molecular formula is C15H21NO2S2. The Hall–Kier alpha value is -0.810. The van der Waals surface area contributed by atoms with Crippen LogP contribution in [0.5, 0.6) is 0 Å². The van der Waals surface area contributed by atoms with Crippen molar-refractivity contribution >= 4 is 35.2 Å². The summed E-state index contributed by atoms with van der Waals surface area (Å²) in [6, 6.07) is 5.69. The van der Waals surface area contributed by atoms with Gasteiger partial charge in [-0.25, -0.2) is 4.79 Å². The van der Waals surface area contributed by atoms with Crippen LogP contribution < -0.4 is 5.32 Å². The van der Waals surface area contributed by atoms with Crippen LogP contribution in [0.1, 0.15) is 36.5 Å². The lowest BCUT2D eigenvalue weighted by atomic mass is 10.1.